The summed E-state index contributed by atoms with van der Waals surface area (Å²) in [6.07, 6.45) is -3.02. The molecule has 0 spiro atoms. The van der Waals surface area contributed by atoms with Crippen LogP contribution in [-0.4, -0.2) is 11.6 Å². The fourth-order valence-corrected chi connectivity index (χ4v) is 1.05. The van der Waals surface area contributed by atoms with Crippen molar-refractivity contribution in [3.8, 4) is 0 Å². The Morgan fingerprint density at radius 2 is 2.14 bits per heavy atom. The molecule has 1 heterocycles. The SMILES string of the molecule is NOCCc1ncccc1C(F)(F)F. The molecule has 0 aliphatic heterocycles. The minimum atomic E-state index is -4.38. The number of nitrogens with two attached hydrogens (primary N) is 1. The van der Waals surface area contributed by atoms with Gasteiger partial charge in [0.2, 0.25) is 0 Å². The Hall–Kier alpha value is -1.14. The predicted octanol–water partition coefficient (Wildman–Crippen LogP) is 1.53. The van der Waals surface area contributed by atoms with Gasteiger partial charge in [0.25, 0.3) is 0 Å². The maximum absolute atomic E-state index is 12.4. The van der Waals surface area contributed by atoms with Gasteiger partial charge in [-0.15, -0.1) is 0 Å². The summed E-state index contributed by atoms with van der Waals surface area (Å²) in [6, 6.07) is 2.23. The third kappa shape index (κ3) is 2.68. The van der Waals surface area contributed by atoms with Crippen LogP contribution in [0.15, 0.2) is 18.3 Å². The molecule has 14 heavy (non-hydrogen) atoms. The highest BCUT2D eigenvalue weighted by atomic mass is 19.4. The molecule has 6 heteroatoms. The molecule has 1 rings (SSSR count). The van der Waals surface area contributed by atoms with Crippen molar-refractivity contribution in [3.05, 3.63) is 29.6 Å². The molecule has 0 unspecified atom stereocenters. The number of hydrogen-bond acceptors (Lipinski definition) is 3. The Balaban J connectivity index is 2.92. The van der Waals surface area contributed by atoms with E-state index >= 15 is 0 Å². The van der Waals surface area contributed by atoms with Crippen LogP contribution in [0.1, 0.15) is 11.3 Å². The Morgan fingerprint density at radius 3 is 2.71 bits per heavy atom. The predicted molar refractivity (Wildman–Crippen MR) is 43.1 cm³/mol. The van der Waals surface area contributed by atoms with E-state index in [2.05, 4.69) is 9.82 Å². The number of pyridine rings is 1. The quantitative estimate of drug-likeness (QED) is 0.763. The van der Waals surface area contributed by atoms with Crippen LogP contribution in [-0.2, 0) is 17.4 Å². The number of aromatic nitrogens is 1. The van der Waals surface area contributed by atoms with E-state index in [0.717, 1.165) is 6.07 Å². The highest BCUT2D eigenvalue weighted by Crippen LogP contribution is 2.30. The molecule has 0 amide bonds. The molecule has 78 valence electrons. The van der Waals surface area contributed by atoms with E-state index in [1.54, 1.807) is 0 Å². The van der Waals surface area contributed by atoms with E-state index in [-0.39, 0.29) is 18.7 Å². The molecule has 2 N–H and O–H groups in total. The van der Waals surface area contributed by atoms with E-state index in [9.17, 15) is 13.2 Å². The Morgan fingerprint density at radius 1 is 1.43 bits per heavy atom. The van der Waals surface area contributed by atoms with Gasteiger partial charge in [0.15, 0.2) is 0 Å². The zero-order valence-electron chi connectivity index (χ0n) is 7.21. The van der Waals surface area contributed by atoms with Crippen LogP contribution in [0.25, 0.3) is 0 Å². The van der Waals surface area contributed by atoms with Gasteiger partial charge < -0.3 is 4.84 Å². The average molecular weight is 206 g/mol. The van der Waals surface area contributed by atoms with Crippen LogP contribution >= 0.6 is 0 Å². The summed E-state index contributed by atoms with van der Waals surface area (Å²) >= 11 is 0. The number of hydrogen-bond donors (Lipinski definition) is 1. The highest BCUT2D eigenvalue weighted by molar-refractivity contribution is 5.23. The van der Waals surface area contributed by atoms with Crippen LogP contribution < -0.4 is 5.90 Å². The summed E-state index contributed by atoms with van der Waals surface area (Å²) in [5.74, 6) is 4.73. The van der Waals surface area contributed by atoms with E-state index in [4.69, 9.17) is 5.90 Å². The standard InChI is InChI=1S/C8H9F3N2O/c9-8(10,11)6-2-1-4-13-7(6)3-5-14-12/h1-2,4H,3,5,12H2. The minimum absolute atomic E-state index is 0.0140. The maximum atomic E-state index is 12.4. The van der Waals surface area contributed by atoms with E-state index in [1.807, 2.05) is 0 Å². The summed E-state index contributed by atoms with van der Waals surface area (Å²) < 4.78 is 37.1. The van der Waals surface area contributed by atoms with E-state index in [1.165, 1.54) is 12.3 Å². The molecule has 1 aromatic heterocycles. The largest absolute Gasteiger partial charge is 0.418 e. The topological polar surface area (TPSA) is 48.1 Å². The van der Waals surface area contributed by atoms with Gasteiger partial charge >= 0.3 is 6.18 Å². The second kappa shape index (κ2) is 4.39. The van der Waals surface area contributed by atoms with E-state index < -0.39 is 11.7 Å². The van der Waals surface area contributed by atoms with Crippen molar-refractivity contribution in [3.63, 3.8) is 0 Å². The summed E-state index contributed by atoms with van der Waals surface area (Å²) in [7, 11) is 0. The molecule has 1 aromatic rings. The normalized spacial score (nSPS) is 11.7. The molecule has 0 aliphatic carbocycles. The Bertz CT molecular complexity index is 301. The van der Waals surface area contributed by atoms with Crippen molar-refractivity contribution < 1.29 is 18.0 Å². The number of nitrogens with zero attached hydrogens (tertiary/aromatic N) is 1. The molecule has 0 saturated carbocycles. The summed E-state index contributed by atoms with van der Waals surface area (Å²) in [4.78, 5) is 7.83. The fourth-order valence-electron chi connectivity index (χ4n) is 1.05. The first-order chi connectivity index (χ1) is 6.55. The second-order valence-corrected chi connectivity index (χ2v) is 2.62. The molecule has 0 saturated heterocycles. The Kier molecular flexibility index (Phi) is 3.43. The summed E-state index contributed by atoms with van der Waals surface area (Å²) in [6.45, 7) is 0.0140. The fraction of sp³-hybridized carbons (Fsp3) is 0.375. The molecule has 0 aromatic carbocycles. The van der Waals surface area contributed by atoms with Crippen LogP contribution in [0.5, 0.6) is 0 Å². The number of halogens is 3. The minimum Gasteiger partial charge on any atom is -0.304 e. The highest BCUT2D eigenvalue weighted by Gasteiger charge is 2.33. The first-order valence-corrected chi connectivity index (χ1v) is 3.88. The first-order valence-electron chi connectivity index (χ1n) is 3.88. The van der Waals surface area contributed by atoms with Gasteiger partial charge in [-0.05, 0) is 12.1 Å². The molecule has 3 nitrogen and oxygen atoms in total. The molecular formula is C8H9F3N2O. The lowest BCUT2D eigenvalue weighted by molar-refractivity contribution is -0.138. The van der Waals surface area contributed by atoms with Crippen LogP contribution in [0.2, 0.25) is 0 Å². The third-order valence-corrected chi connectivity index (χ3v) is 1.65. The lowest BCUT2D eigenvalue weighted by Gasteiger charge is -2.10. The molecule has 0 fully saturated rings. The lowest BCUT2D eigenvalue weighted by atomic mass is 10.1. The van der Waals surface area contributed by atoms with Gasteiger partial charge in [0.1, 0.15) is 0 Å². The van der Waals surface area contributed by atoms with Crippen LogP contribution in [0, 0.1) is 0 Å². The van der Waals surface area contributed by atoms with Gasteiger partial charge in [0, 0.05) is 12.6 Å². The van der Waals surface area contributed by atoms with Gasteiger partial charge in [-0.1, -0.05) is 0 Å². The number of alkyl halides is 3. The molecule has 0 atom stereocenters. The van der Waals surface area contributed by atoms with Crippen molar-refractivity contribution in [2.75, 3.05) is 6.61 Å². The van der Waals surface area contributed by atoms with Gasteiger partial charge in [0.05, 0.1) is 17.9 Å². The van der Waals surface area contributed by atoms with Crippen molar-refractivity contribution in [2.24, 2.45) is 5.90 Å². The van der Waals surface area contributed by atoms with Crippen LogP contribution in [0.4, 0.5) is 13.2 Å². The third-order valence-electron chi connectivity index (χ3n) is 1.65. The van der Waals surface area contributed by atoms with Crippen molar-refractivity contribution in [1.29, 1.82) is 0 Å². The first kappa shape index (κ1) is 10.9. The maximum Gasteiger partial charge on any atom is 0.418 e. The molecular weight excluding hydrogens is 197 g/mol. The zero-order chi connectivity index (χ0) is 10.6. The molecule has 0 radical (unpaired) electrons. The van der Waals surface area contributed by atoms with E-state index in [0.29, 0.717) is 0 Å². The van der Waals surface area contributed by atoms with Crippen molar-refractivity contribution >= 4 is 0 Å². The lowest BCUT2D eigenvalue weighted by Crippen LogP contribution is -2.13. The summed E-state index contributed by atoms with van der Waals surface area (Å²) in [5.41, 5.74) is -0.789. The van der Waals surface area contributed by atoms with Crippen LogP contribution in [0.3, 0.4) is 0 Å². The average Bonchev–Trinajstić information content (AvgIpc) is 2.14. The number of rotatable bonds is 3. The monoisotopic (exact) mass is 206 g/mol. The van der Waals surface area contributed by atoms with Gasteiger partial charge in [-0.3, -0.25) is 4.98 Å². The van der Waals surface area contributed by atoms with Gasteiger partial charge in [-0.25, -0.2) is 5.90 Å². The summed E-state index contributed by atoms with van der Waals surface area (Å²) in [5, 5.41) is 0. The smallest absolute Gasteiger partial charge is 0.304 e. The Labute approximate surface area is 78.6 Å². The molecule has 0 bridgehead atoms. The zero-order valence-corrected chi connectivity index (χ0v) is 7.21. The van der Waals surface area contributed by atoms with Crippen molar-refractivity contribution in [2.45, 2.75) is 12.6 Å². The second-order valence-electron chi connectivity index (χ2n) is 2.62. The van der Waals surface area contributed by atoms with Crippen molar-refractivity contribution in [1.82, 2.24) is 4.98 Å². The van der Waals surface area contributed by atoms with Gasteiger partial charge in [-0.2, -0.15) is 13.2 Å². The molecule has 0 aliphatic rings.